The van der Waals surface area contributed by atoms with Crippen LogP contribution in [0.1, 0.15) is 35.3 Å². The number of carbonyl (C=O) groups is 1. The third-order valence-corrected chi connectivity index (χ3v) is 4.06. The van der Waals surface area contributed by atoms with Crippen LogP contribution in [0.5, 0.6) is 0 Å². The van der Waals surface area contributed by atoms with Gasteiger partial charge in [-0.25, -0.2) is 0 Å². The molecule has 2 heterocycles. The fourth-order valence-electron chi connectivity index (χ4n) is 2.39. The van der Waals surface area contributed by atoms with E-state index in [1.165, 1.54) is 6.42 Å². The molecule has 1 aliphatic rings. The fraction of sp³-hybridized carbons (Fsp3) is 0.667. The number of likely N-dealkylation sites (tertiary alicyclic amines) is 1. The summed E-state index contributed by atoms with van der Waals surface area (Å²) < 4.78 is 1.70. The largest absolute Gasteiger partial charge is 0.335 e. The zero-order valence-corrected chi connectivity index (χ0v) is 11.9. The maximum Gasteiger partial charge on any atom is 0.257 e. The van der Waals surface area contributed by atoms with E-state index in [1.807, 2.05) is 25.1 Å². The number of halogens is 1. The van der Waals surface area contributed by atoms with Crippen LogP contribution in [-0.2, 0) is 7.05 Å². The number of amides is 1. The summed E-state index contributed by atoms with van der Waals surface area (Å²) in [6.45, 7) is 2.75. The van der Waals surface area contributed by atoms with Crippen molar-refractivity contribution in [2.75, 3.05) is 11.9 Å². The van der Waals surface area contributed by atoms with Gasteiger partial charge in [0.25, 0.3) is 5.91 Å². The second-order valence-electron chi connectivity index (χ2n) is 4.60. The van der Waals surface area contributed by atoms with Crippen molar-refractivity contribution in [3.05, 3.63) is 17.5 Å². The van der Waals surface area contributed by atoms with Gasteiger partial charge in [-0.2, -0.15) is 5.10 Å². The molecule has 0 radical (unpaired) electrons. The molecule has 5 heteroatoms. The van der Waals surface area contributed by atoms with Crippen molar-refractivity contribution in [3.63, 3.8) is 0 Å². The van der Waals surface area contributed by atoms with E-state index in [4.69, 9.17) is 0 Å². The Morgan fingerprint density at radius 1 is 1.59 bits per heavy atom. The van der Waals surface area contributed by atoms with Crippen LogP contribution in [0.4, 0.5) is 0 Å². The van der Waals surface area contributed by atoms with Crippen LogP contribution in [0.3, 0.4) is 0 Å². The number of aryl methyl sites for hydroxylation is 2. The van der Waals surface area contributed by atoms with Gasteiger partial charge in [-0.1, -0.05) is 15.9 Å². The van der Waals surface area contributed by atoms with Gasteiger partial charge in [0.05, 0.1) is 11.3 Å². The van der Waals surface area contributed by atoms with Crippen molar-refractivity contribution >= 4 is 21.8 Å². The van der Waals surface area contributed by atoms with E-state index in [0.29, 0.717) is 6.04 Å². The third-order valence-electron chi connectivity index (χ3n) is 3.31. The molecule has 0 saturated carbocycles. The third kappa shape index (κ3) is 2.54. The highest BCUT2D eigenvalue weighted by Crippen LogP contribution is 2.21. The van der Waals surface area contributed by atoms with Crippen molar-refractivity contribution in [3.8, 4) is 0 Å². The molecule has 1 aromatic heterocycles. The number of carbonyl (C=O) groups excluding carboxylic acids is 1. The second-order valence-corrected chi connectivity index (χ2v) is 5.25. The van der Waals surface area contributed by atoms with E-state index < -0.39 is 0 Å². The molecule has 1 fully saturated rings. The lowest BCUT2D eigenvalue weighted by Gasteiger charge is -2.34. The van der Waals surface area contributed by atoms with E-state index >= 15 is 0 Å². The lowest BCUT2D eigenvalue weighted by atomic mass is 10.0. The van der Waals surface area contributed by atoms with Gasteiger partial charge in [0, 0.05) is 31.2 Å². The number of hydrogen-bond donors (Lipinski definition) is 0. The Kier molecular flexibility index (Phi) is 3.86. The van der Waals surface area contributed by atoms with Crippen LogP contribution in [-0.4, -0.2) is 38.5 Å². The van der Waals surface area contributed by atoms with Crippen LogP contribution in [0.15, 0.2) is 6.20 Å². The van der Waals surface area contributed by atoms with Gasteiger partial charge < -0.3 is 4.90 Å². The first-order chi connectivity index (χ1) is 8.13. The van der Waals surface area contributed by atoms with Crippen LogP contribution >= 0.6 is 15.9 Å². The number of nitrogens with zero attached hydrogens (tertiary/aromatic N) is 3. The summed E-state index contributed by atoms with van der Waals surface area (Å²) in [5, 5.41) is 5.09. The second kappa shape index (κ2) is 5.21. The van der Waals surface area contributed by atoms with Crippen LogP contribution < -0.4 is 0 Å². The standard InChI is InChI=1S/C12H18BrN3O/c1-9-11(8-15(2)14-9)12(17)16-6-4-3-5-10(16)7-13/h8,10H,3-7H2,1-2H3. The summed E-state index contributed by atoms with van der Waals surface area (Å²) in [7, 11) is 1.85. The Hall–Kier alpha value is -0.840. The summed E-state index contributed by atoms with van der Waals surface area (Å²) in [4.78, 5) is 14.4. The molecule has 0 aromatic carbocycles. The van der Waals surface area contributed by atoms with Crippen molar-refractivity contribution < 1.29 is 4.79 Å². The summed E-state index contributed by atoms with van der Waals surface area (Å²) in [5.41, 5.74) is 1.55. The molecule has 1 amide bonds. The lowest BCUT2D eigenvalue weighted by molar-refractivity contribution is 0.0641. The molecule has 1 saturated heterocycles. The molecule has 17 heavy (non-hydrogen) atoms. The molecule has 1 atom stereocenters. The van der Waals surface area contributed by atoms with Gasteiger partial charge in [0.15, 0.2) is 0 Å². The SMILES string of the molecule is Cc1nn(C)cc1C(=O)N1CCCCC1CBr. The number of alkyl halides is 1. The van der Waals surface area contributed by atoms with Crippen molar-refractivity contribution in [2.45, 2.75) is 32.2 Å². The zero-order chi connectivity index (χ0) is 12.4. The predicted molar refractivity (Wildman–Crippen MR) is 70.4 cm³/mol. The molecule has 0 N–H and O–H groups in total. The van der Waals surface area contributed by atoms with E-state index in [9.17, 15) is 4.79 Å². The molecule has 1 aliphatic heterocycles. The Balaban J connectivity index is 2.21. The molecular formula is C12H18BrN3O. The van der Waals surface area contributed by atoms with Crippen molar-refractivity contribution in [2.24, 2.45) is 7.05 Å². The Labute approximate surface area is 110 Å². The molecule has 1 aromatic rings. The number of piperidine rings is 1. The lowest BCUT2D eigenvalue weighted by Crippen LogP contribution is -2.44. The quantitative estimate of drug-likeness (QED) is 0.785. The summed E-state index contributed by atoms with van der Waals surface area (Å²) in [6.07, 6.45) is 5.23. The van der Waals surface area contributed by atoms with Crippen LogP contribution in [0, 0.1) is 6.92 Å². The minimum Gasteiger partial charge on any atom is -0.335 e. The van der Waals surface area contributed by atoms with Crippen molar-refractivity contribution in [1.29, 1.82) is 0 Å². The fourth-order valence-corrected chi connectivity index (χ4v) is 3.07. The van der Waals surface area contributed by atoms with Gasteiger partial charge in [0.1, 0.15) is 0 Å². The average molecular weight is 300 g/mol. The molecular weight excluding hydrogens is 282 g/mol. The van der Waals surface area contributed by atoms with Gasteiger partial charge in [-0.05, 0) is 26.2 Å². The molecule has 4 nitrogen and oxygen atoms in total. The summed E-state index contributed by atoms with van der Waals surface area (Å²) in [5.74, 6) is 0.125. The van der Waals surface area contributed by atoms with E-state index in [2.05, 4.69) is 21.0 Å². The first kappa shape index (κ1) is 12.6. The molecule has 94 valence electrons. The summed E-state index contributed by atoms with van der Waals surface area (Å²) in [6, 6.07) is 0.329. The zero-order valence-electron chi connectivity index (χ0n) is 10.3. The monoisotopic (exact) mass is 299 g/mol. The van der Waals surface area contributed by atoms with Gasteiger partial charge in [0.2, 0.25) is 0 Å². The summed E-state index contributed by atoms with van der Waals surface area (Å²) >= 11 is 3.50. The minimum absolute atomic E-state index is 0.125. The molecule has 2 rings (SSSR count). The smallest absolute Gasteiger partial charge is 0.257 e. The predicted octanol–water partition coefficient (Wildman–Crippen LogP) is 2.12. The molecule has 1 unspecified atom stereocenters. The van der Waals surface area contributed by atoms with Crippen LogP contribution in [0.2, 0.25) is 0 Å². The molecule has 0 bridgehead atoms. The van der Waals surface area contributed by atoms with Gasteiger partial charge >= 0.3 is 0 Å². The van der Waals surface area contributed by atoms with Gasteiger partial charge in [-0.15, -0.1) is 0 Å². The highest BCUT2D eigenvalue weighted by atomic mass is 79.9. The number of aromatic nitrogens is 2. The Bertz CT molecular complexity index is 416. The van der Waals surface area contributed by atoms with Crippen molar-refractivity contribution in [1.82, 2.24) is 14.7 Å². The maximum absolute atomic E-state index is 12.5. The normalized spacial score (nSPS) is 20.6. The van der Waals surface area contributed by atoms with E-state index in [1.54, 1.807) is 4.68 Å². The number of hydrogen-bond acceptors (Lipinski definition) is 2. The first-order valence-corrected chi connectivity index (χ1v) is 7.13. The van der Waals surface area contributed by atoms with Crippen LogP contribution in [0.25, 0.3) is 0 Å². The van der Waals surface area contributed by atoms with E-state index in [-0.39, 0.29) is 5.91 Å². The maximum atomic E-state index is 12.5. The van der Waals surface area contributed by atoms with E-state index in [0.717, 1.165) is 36.0 Å². The topological polar surface area (TPSA) is 38.1 Å². The first-order valence-electron chi connectivity index (χ1n) is 6.00. The molecule has 0 aliphatic carbocycles. The minimum atomic E-state index is 0.125. The average Bonchev–Trinajstić information content (AvgIpc) is 2.67. The number of rotatable bonds is 2. The highest BCUT2D eigenvalue weighted by molar-refractivity contribution is 9.09. The molecule has 0 spiro atoms. The Morgan fingerprint density at radius 3 is 2.94 bits per heavy atom. The highest BCUT2D eigenvalue weighted by Gasteiger charge is 2.28. The van der Waals surface area contributed by atoms with Gasteiger partial charge in [-0.3, -0.25) is 9.48 Å². The Morgan fingerprint density at radius 2 is 2.35 bits per heavy atom.